The molecule has 0 fully saturated rings. The number of halogens is 3. The molecule has 3 heterocycles. The lowest BCUT2D eigenvalue weighted by Gasteiger charge is -2.25. The van der Waals surface area contributed by atoms with Crippen LogP contribution in [0.3, 0.4) is 0 Å². The maximum Gasteiger partial charge on any atom is 0.432 e. The number of para-hydroxylation sites is 2. The van der Waals surface area contributed by atoms with Gasteiger partial charge in [-0.25, -0.2) is 4.98 Å². The van der Waals surface area contributed by atoms with E-state index in [9.17, 15) is 13.2 Å². The minimum atomic E-state index is -4.51. The van der Waals surface area contributed by atoms with Crippen LogP contribution in [0.15, 0.2) is 66.7 Å². The van der Waals surface area contributed by atoms with Gasteiger partial charge in [0.25, 0.3) is 0 Å². The summed E-state index contributed by atoms with van der Waals surface area (Å²) < 4.78 is 39.8. The molecule has 2 aromatic heterocycles. The number of hydrogen-bond donors (Lipinski definition) is 1. The van der Waals surface area contributed by atoms with Crippen molar-refractivity contribution in [2.75, 3.05) is 16.5 Å². The second-order valence-corrected chi connectivity index (χ2v) is 11.8. The van der Waals surface area contributed by atoms with Gasteiger partial charge in [0.15, 0.2) is 0 Å². The Morgan fingerprint density at radius 2 is 1.32 bits per heavy atom. The minimum Gasteiger partial charge on any atom is -0.321 e. The third-order valence-electron chi connectivity index (χ3n) is 6.89. The van der Waals surface area contributed by atoms with Crippen LogP contribution in [0.2, 0.25) is 0 Å². The first kappa shape index (κ1) is 25.8. The van der Waals surface area contributed by atoms with E-state index in [-0.39, 0.29) is 16.5 Å². The number of anilines is 4. The highest BCUT2D eigenvalue weighted by molar-refractivity contribution is 5.86. The number of pyridine rings is 1. The van der Waals surface area contributed by atoms with Crippen LogP contribution in [0.4, 0.5) is 36.1 Å². The molecule has 5 nitrogen and oxygen atoms in total. The van der Waals surface area contributed by atoms with Crippen molar-refractivity contribution in [2.24, 2.45) is 0 Å². The lowest BCUT2D eigenvalue weighted by Crippen LogP contribution is -2.25. The molecule has 1 aliphatic rings. The third kappa shape index (κ3) is 4.87. The largest absolute Gasteiger partial charge is 0.432 e. The number of aromatic nitrogens is 3. The van der Waals surface area contributed by atoms with Gasteiger partial charge in [-0.15, -0.1) is 0 Å². The quantitative estimate of drug-likeness (QED) is 0.296. The summed E-state index contributed by atoms with van der Waals surface area (Å²) in [6.45, 7) is 13.3. The maximum atomic E-state index is 13.3. The van der Waals surface area contributed by atoms with Gasteiger partial charge >= 0.3 is 6.18 Å². The summed E-state index contributed by atoms with van der Waals surface area (Å²) in [5, 5.41) is 6.06. The molecule has 0 saturated carbocycles. The van der Waals surface area contributed by atoms with Crippen LogP contribution >= 0.6 is 0 Å². The van der Waals surface area contributed by atoms with Crippen LogP contribution in [0.25, 0.3) is 11.4 Å². The van der Waals surface area contributed by atoms with Gasteiger partial charge in [-0.3, -0.25) is 5.10 Å². The van der Waals surface area contributed by atoms with E-state index in [1.165, 1.54) is 5.56 Å². The molecule has 0 amide bonds. The average Bonchev–Trinajstić information content (AvgIpc) is 3.49. The van der Waals surface area contributed by atoms with Crippen molar-refractivity contribution in [2.45, 2.75) is 58.5 Å². The topological polar surface area (TPSA) is 48.0 Å². The molecule has 38 heavy (non-hydrogen) atoms. The summed E-state index contributed by atoms with van der Waals surface area (Å²) in [6, 6.07) is 21.5. The highest BCUT2D eigenvalue weighted by atomic mass is 19.4. The fraction of sp³-hybridized carbons (Fsp3) is 0.333. The first-order valence-electron chi connectivity index (χ1n) is 12.6. The smallest absolute Gasteiger partial charge is 0.321 e. The zero-order valence-corrected chi connectivity index (χ0v) is 22.5. The van der Waals surface area contributed by atoms with Crippen LogP contribution in [-0.2, 0) is 17.0 Å². The number of aromatic amines is 1. The highest BCUT2D eigenvalue weighted by Crippen LogP contribution is 2.45. The van der Waals surface area contributed by atoms with E-state index in [4.69, 9.17) is 4.98 Å². The van der Waals surface area contributed by atoms with E-state index in [1.807, 2.05) is 30.3 Å². The first-order valence-corrected chi connectivity index (χ1v) is 12.6. The first-order chi connectivity index (χ1) is 17.7. The maximum absolute atomic E-state index is 13.3. The van der Waals surface area contributed by atoms with E-state index in [0.717, 1.165) is 28.7 Å². The Balaban J connectivity index is 1.58. The Bertz CT molecular complexity index is 1460. The number of alkyl halides is 3. The number of H-pyrrole nitrogens is 1. The van der Waals surface area contributed by atoms with Crippen LogP contribution in [0.5, 0.6) is 0 Å². The van der Waals surface area contributed by atoms with Crippen molar-refractivity contribution in [1.29, 1.82) is 0 Å². The van der Waals surface area contributed by atoms with Crippen LogP contribution in [0.1, 0.15) is 58.4 Å². The molecule has 2 aromatic carbocycles. The minimum absolute atomic E-state index is 0.0550. The zero-order valence-electron chi connectivity index (χ0n) is 22.5. The molecular formula is C30H32F3N5. The lowest BCUT2D eigenvalue weighted by atomic mass is 9.87. The summed E-state index contributed by atoms with van der Waals surface area (Å²) in [5.74, 6) is 0.658. The SMILES string of the molecule is CC(C)(C)c1ccc(N2CN(c3cc(C(C)(C)C)cc(-c4cc(C(F)(F)F)[nH]n4)n3)c3ccccc32)cc1. The predicted molar refractivity (Wildman–Crippen MR) is 146 cm³/mol. The van der Waals surface area contributed by atoms with Crippen LogP contribution < -0.4 is 9.80 Å². The number of fused-ring (bicyclic) bond motifs is 1. The van der Waals surface area contributed by atoms with Crippen molar-refractivity contribution < 1.29 is 13.2 Å². The number of hydrogen-bond acceptors (Lipinski definition) is 4. The van der Waals surface area contributed by atoms with Crippen molar-refractivity contribution in [3.63, 3.8) is 0 Å². The molecule has 0 atom stereocenters. The molecule has 0 unspecified atom stereocenters. The molecule has 5 rings (SSSR count). The summed E-state index contributed by atoms with van der Waals surface area (Å²) in [4.78, 5) is 9.14. The van der Waals surface area contributed by atoms with E-state index in [2.05, 4.69) is 91.9 Å². The Labute approximate surface area is 221 Å². The van der Waals surface area contributed by atoms with Gasteiger partial charge in [-0.05, 0) is 64.4 Å². The molecule has 0 radical (unpaired) electrons. The third-order valence-corrected chi connectivity index (χ3v) is 6.89. The standard InChI is InChI=1S/C30H32F3N5/c1-28(2,3)19-11-13-21(14-12-19)37-18-38(25-10-8-7-9-24(25)37)27-16-20(29(4,5)6)15-22(34-27)23-17-26(36-35-23)30(31,32)33/h7-17H,18H2,1-6H3,(H,35,36). The lowest BCUT2D eigenvalue weighted by molar-refractivity contribution is -0.141. The van der Waals surface area contributed by atoms with E-state index >= 15 is 0 Å². The monoisotopic (exact) mass is 519 g/mol. The van der Waals surface area contributed by atoms with Gasteiger partial charge in [0.1, 0.15) is 23.9 Å². The fourth-order valence-electron chi connectivity index (χ4n) is 4.59. The summed E-state index contributed by atoms with van der Waals surface area (Å²) in [5.41, 5.74) is 4.75. The van der Waals surface area contributed by atoms with Gasteiger partial charge < -0.3 is 9.80 Å². The molecule has 1 aliphatic heterocycles. The fourth-order valence-corrected chi connectivity index (χ4v) is 4.59. The zero-order chi connectivity index (χ0) is 27.5. The highest BCUT2D eigenvalue weighted by Gasteiger charge is 2.34. The Kier molecular flexibility index (Phi) is 6.04. The van der Waals surface area contributed by atoms with Gasteiger partial charge in [0.2, 0.25) is 0 Å². The van der Waals surface area contributed by atoms with E-state index in [1.54, 1.807) is 0 Å². The summed E-state index contributed by atoms with van der Waals surface area (Å²) in [6.07, 6.45) is -4.51. The Hall–Kier alpha value is -3.81. The predicted octanol–water partition coefficient (Wildman–Crippen LogP) is 8.33. The van der Waals surface area contributed by atoms with E-state index < -0.39 is 11.9 Å². The Morgan fingerprint density at radius 1 is 0.711 bits per heavy atom. The van der Waals surface area contributed by atoms with Crippen molar-refractivity contribution >= 4 is 22.9 Å². The molecule has 0 bridgehead atoms. The summed E-state index contributed by atoms with van der Waals surface area (Å²) in [7, 11) is 0. The normalized spacial score (nSPS) is 14.2. The van der Waals surface area contributed by atoms with Crippen molar-refractivity contribution in [1.82, 2.24) is 15.2 Å². The number of nitrogens with one attached hydrogen (secondary N) is 1. The molecule has 8 heteroatoms. The molecule has 1 N–H and O–H groups in total. The Morgan fingerprint density at radius 3 is 1.87 bits per heavy atom. The van der Waals surface area contributed by atoms with Crippen molar-refractivity contribution in [3.8, 4) is 11.4 Å². The average molecular weight is 520 g/mol. The van der Waals surface area contributed by atoms with Gasteiger partial charge in [0, 0.05) is 5.69 Å². The second-order valence-electron chi connectivity index (χ2n) is 11.8. The van der Waals surface area contributed by atoms with Crippen LogP contribution in [0, 0.1) is 0 Å². The second kappa shape index (κ2) is 8.89. The number of rotatable bonds is 3. The molecular weight excluding hydrogens is 487 g/mol. The van der Waals surface area contributed by atoms with Crippen LogP contribution in [-0.4, -0.2) is 21.9 Å². The molecule has 0 saturated heterocycles. The summed E-state index contributed by atoms with van der Waals surface area (Å²) >= 11 is 0. The molecule has 0 spiro atoms. The molecule has 198 valence electrons. The molecule has 0 aliphatic carbocycles. The van der Waals surface area contributed by atoms with Gasteiger partial charge in [-0.1, -0.05) is 65.8 Å². The van der Waals surface area contributed by atoms with Gasteiger partial charge in [-0.2, -0.15) is 18.3 Å². The van der Waals surface area contributed by atoms with Crippen molar-refractivity contribution in [3.05, 3.63) is 83.6 Å². The van der Waals surface area contributed by atoms with E-state index in [0.29, 0.717) is 18.2 Å². The number of nitrogens with zero attached hydrogens (tertiary/aromatic N) is 4. The molecule has 4 aromatic rings. The number of benzene rings is 2. The van der Waals surface area contributed by atoms with Gasteiger partial charge in [0.05, 0.1) is 17.1 Å².